The maximum atomic E-state index is 13.7. The summed E-state index contributed by atoms with van der Waals surface area (Å²) in [6, 6.07) is 20.3. The molecule has 2 unspecified atom stereocenters. The van der Waals surface area contributed by atoms with E-state index in [-0.39, 0.29) is 17.7 Å². The predicted octanol–water partition coefficient (Wildman–Crippen LogP) is 4.41. The summed E-state index contributed by atoms with van der Waals surface area (Å²) in [5.74, 6) is -1.96. The Hall–Kier alpha value is -3.67. The number of benzene rings is 3. The Morgan fingerprint density at radius 1 is 1.03 bits per heavy atom. The summed E-state index contributed by atoms with van der Waals surface area (Å²) in [7, 11) is 1.58. The number of rotatable bonds is 9. The second kappa shape index (κ2) is 10.3. The Kier molecular flexibility index (Phi) is 7.48. The van der Waals surface area contributed by atoms with Gasteiger partial charge in [-0.3, -0.25) is 10.2 Å². The van der Waals surface area contributed by atoms with Crippen molar-refractivity contribution in [3.8, 4) is 0 Å². The molecule has 1 amide bonds. The van der Waals surface area contributed by atoms with Gasteiger partial charge >= 0.3 is 5.97 Å². The van der Waals surface area contributed by atoms with Crippen molar-refractivity contribution in [1.82, 2.24) is 4.90 Å². The van der Waals surface area contributed by atoms with Gasteiger partial charge in [0.15, 0.2) is 0 Å². The number of amides is 1. The lowest BCUT2D eigenvalue weighted by Crippen LogP contribution is -2.48. The number of nitrogens with one attached hydrogen (secondary N) is 1. The van der Waals surface area contributed by atoms with Crippen molar-refractivity contribution in [3.63, 3.8) is 0 Å². The van der Waals surface area contributed by atoms with E-state index in [1.54, 1.807) is 19.2 Å². The van der Waals surface area contributed by atoms with Crippen LogP contribution in [0, 0.1) is 11.3 Å². The minimum absolute atomic E-state index is 0.0127. The molecular weight excluding hydrogens is 414 g/mol. The Morgan fingerprint density at radius 2 is 1.67 bits per heavy atom. The maximum absolute atomic E-state index is 13.7. The number of carboxylic acids is 1. The Balaban J connectivity index is 2.02. The molecule has 0 aliphatic rings. The molecule has 0 aromatic heterocycles. The van der Waals surface area contributed by atoms with Crippen LogP contribution in [-0.4, -0.2) is 40.8 Å². The van der Waals surface area contributed by atoms with E-state index in [0.29, 0.717) is 18.4 Å². The first-order valence-corrected chi connectivity index (χ1v) is 11.1. The topological polar surface area (TPSA) is 107 Å². The predicted molar refractivity (Wildman–Crippen MR) is 131 cm³/mol. The fraction of sp³-hybridized carbons (Fsp3) is 0.296. The molecule has 6 heteroatoms. The molecule has 0 saturated carbocycles. The number of carboxylic acid groups (broad SMARTS) is 1. The highest BCUT2D eigenvalue weighted by Gasteiger charge is 2.35. The second-order valence-corrected chi connectivity index (χ2v) is 8.59. The van der Waals surface area contributed by atoms with Crippen LogP contribution < -0.4 is 5.73 Å². The van der Waals surface area contributed by atoms with E-state index in [1.165, 1.54) is 4.90 Å². The molecule has 0 bridgehead atoms. The maximum Gasteiger partial charge on any atom is 0.326 e. The Labute approximate surface area is 194 Å². The smallest absolute Gasteiger partial charge is 0.326 e. The number of hydrogen-bond acceptors (Lipinski definition) is 3. The van der Waals surface area contributed by atoms with Crippen LogP contribution in [0.5, 0.6) is 0 Å². The summed E-state index contributed by atoms with van der Waals surface area (Å²) in [6.45, 7) is 3.78. The van der Waals surface area contributed by atoms with Crippen molar-refractivity contribution >= 4 is 28.5 Å². The van der Waals surface area contributed by atoms with Crippen molar-refractivity contribution in [3.05, 3.63) is 83.4 Å². The van der Waals surface area contributed by atoms with E-state index < -0.39 is 17.9 Å². The van der Waals surface area contributed by atoms with Gasteiger partial charge in [0.05, 0.1) is 5.92 Å². The molecule has 3 rings (SSSR count). The minimum atomic E-state index is -0.997. The molecule has 6 nitrogen and oxygen atoms in total. The number of carbonyl (C=O) groups excluding carboxylic acids is 1. The zero-order valence-electron chi connectivity index (χ0n) is 19.3. The number of nitrogens with two attached hydrogens (primary N) is 1. The first kappa shape index (κ1) is 24.0. The zero-order valence-corrected chi connectivity index (χ0v) is 19.3. The zero-order chi connectivity index (χ0) is 24.1. The first-order valence-electron chi connectivity index (χ1n) is 11.1. The van der Waals surface area contributed by atoms with Crippen LogP contribution in [-0.2, 0) is 16.0 Å². The molecule has 3 aromatic rings. The van der Waals surface area contributed by atoms with Crippen LogP contribution in [0.1, 0.15) is 42.9 Å². The van der Waals surface area contributed by atoms with Gasteiger partial charge in [0, 0.05) is 12.6 Å². The molecule has 0 aliphatic heterocycles. The number of nitrogens with zero attached hydrogens (tertiary/aromatic N) is 1. The Morgan fingerprint density at radius 3 is 2.24 bits per heavy atom. The third kappa shape index (κ3) is 5.40. The van der Waals surface area contributed by atoms with E-state index in [9.17, 15) is 14.7 Å². The fourth-order valence-electron chi connectivity index (χ4n) is 4.23. The van der Waals surface area contributed by atoms with Crippen LogP contribution in [0.4, 0.5) is 0 Å². The molecule has 3 aromatic carbocycles. The molecule has 0 fully saturated rings. The van der Waals surface area contributed by atoms with Crippen LogP contribution >= 0.6 is 0 Å². The molecule has 0 heterocycles. The van der Waals surface area contributed by atoms with Gasteiger partial charge in [-0.25, -0.2) is 4.79 Å². The molecule has 4 N–H and O–H groups in total. The third-order valence-corrected chi connectivity index (χ3v) is 6.38. The monoisotopic (exact) mass is 445 g/mol. The van der Waals surface area contributed by atoms with Crippen LogP contribution in [0.15, 0.2) is 66.7 Å². The van der Waals surface area contributed by atoms with E-state index in [1.807, 2.05) is 68.4 Å². The SMILES string of the molecule is CCC(C)C(C(=O)O)N(C)C(=O)[C@@H](Cc1ccc(C(=N)N)cc1)c1ccc2ccccc2c1. The average molecular weight is 446 g/mol. The summed E-state index contributed by atoms with van der Waals surface area (Å²) in [6.07, 6.45) is 1.06. The second-order valence-electron chi connectivity index (χ2n) is 8.59. The molecule has 33 heavy (non-hydrogen) atoms. The fourth-order valence-corrected chi connectivity index (χ4v) is 4.23. The molecule has 0 spiro atoms. The first-order chi connectivity index (χ1) is 15.7. The molecule has 0 aliphatic carbocycles. The van der Waals surface area contributed by atoms with Crippen molar-refractivity contribution in [2.75, 3.05) is 7.05 Å². The van der Waals surface area contributed by atoms with E-state index in [2.05, 4.69) is 0 Å². The number of fused-ring (bicyclic) bond motifs is 1. The highest BCUT2D eigenvalue weighted by molar-refractivity contribution is 5.95. The van der Waals surface area contributed by atoms with Gasteiger partial charge in [-0.05, 0) is 34.2 Å². The molecule has 0 saturated heterocycles. The van der Waals surface area contributed by atoms with Crippen molar-refractivity contribution in [2.24, 2.45) is 11.7 Å². The Bertz CT molecular complexity index is 1160. The van der Waals surface area contributed by atoms with Gasteiger partial charge in [-0.2, -0.15) is 0 Å². The highest BCUT2D eigenvalue weighted by Crippen LogP contribution is 2.28. The van der Waals surface area contributed by atoms with Gasteiger partial charge < -0.3 is 15.7 Å². The number of aliphatic carboxylic acids is 1. The highest BCUT2D eigenvalue weighted by atomic mass is 16.4. The number of amidine groups is 1. The minimum Gasteiger partial charge on any atom is -0.480 e. The molecule has 3 atom stereocenters. The number of hydrogen-bond donors (Lipinski definition) is 3. The summed E-state index contributed by atoms with van der Waals surface area (Å²) in [5, 5.41) is 19.5. The van der Waals surface area contributed by atoms with E-state index >= 15 is 0 Å². The molecule has 0 radical (unpaired) electrons. The lowest BCUT2D eigenvalue weighted by Gasteiger charge is -2.32. The van der Waals surface area contributed by atoms with Gasteiger partial charge in [0.2, 0.25) is 5.91 Å². The van der Waals surface area contributed by atoms with E-state index in [0.717, 1.165) is 21.9 Å². The van der Waals surface area contributed by atoms with Crippen molar-refractivity contribution in [1.29, 1.82) is 5.41 Å². The van der Waals surface area contributed by atoms with Gasteiger partial charge in [-0.1, -0.05) is 87.0 Å². The van der Waals surface area contributed by atoms with Crippen molar-refractivity contribution in [2.45, 2.75) is 38.6 Å². The average Bonchev–Trinajstić information content (AvgIpc) is 2.81. The summed E-state index contributed by atoms with van der Waals surface area (Å²) in [4.78, 5) is 27.1. The molecule has 172 valence electrons. The normalized spacial score (nSPS) is 13.8. The number of likely N-dealkylation sites (N-methyl/N-ethyl adjacent to an activating group) is 1. The third-order valence-electron chi connectivity index (χ3n) is 6.38. The van der Waals surface area contributed by atoms with Crippen LogP contribution in [0.3, 0.4) is 0 Å². The quantitative estimate of drug-likeness (QED) is 0.335. The standard InChI is InChI=1S/C27H31N3O3/c1-4-17(2)24(27(32)33)30(3)26(31)23(15-18-9-11-20(12-10-18)25(28)29)22-14-13-19-7-5-6-8-21(19)16-22/h5-14,16-17,23-24H,4,15H2,1-3H3,(H3,28,29)(H,32,33)/t17?,23-,24?/m0/s1. The summed E-state index contributed by atoms with van der Waals surface area (Å²) in [5.41, 5.74) is 7.94. The lowest BCUT2D eigenvalue weighted by molar-refractivity contribution is -0.151. The molecular formula is C27H31N3O3. The van der Waals surface area contributed by atoms with E-state index in [4.69, 9.17) is 11.1 Å². The number of nitrogen functional groups attached to an aromatic ring is 1. The summed E-state index contributed by atoms with van der Waals surface area (Å²) >= 11 is 0. The van der Waals surface area contributed by atoms with Gasteiger partial charge in [0.25, 0.3) is 0 Å². The summed E-state index contributed by atoms with van der Waals surface area (Å²) < 4.78 is 0. The number of carbonyl (C=O) groups is 2. The largest absolute Gasteiger partial charge is 0.480 e. The lowest BCUT2D eigenvalue weighted by atomic mass is 9.88. The van der Waals surface area contributed by atoms with Crippen LogP contribution in [0.2, 0.25) is 0 Å². The van der Waals surface area contributed by atoms with Gasteiger partial charge in [-0.15, -0.1) is 0 Å². The van der Waals surface area contributed by atoms with Gasteiger partial charge in [0.1, 0.15) is 11.9 Å². The van der Waals surface area contributed by atoms with Crippen LogP contribution in [0.25, 0.3) is 10.8 Å². The van der Waals surface area contributed by atoms with Crippen molar-refractivity contribution < 1.29 is 14.7 Å².